The van der Waals surface area contributed by atoms with Gasteiger partial charge in [-0.1, -0.05) is 12.1 Å². The number of rotatable bonds is 4. The molecule has 0 atom stereocenters. The molecule has 0 amide bonds. The molecule has 2 aromatic heterocycles. The highest BCUT2D eigenvalue weighted by Gasteiger charge is 2.38. The number of nitrogens with zero attached hydrogens (tertiary/aromatic N) is 5. The third-order valence-electron chi connectivity index (χ3n) is 4.01. The summed E-state index contributed by atoms with van der Waals surface area (Å²) >= 11 is 0. The van der Waals surface area contributed by atoms with Crippen LogP contribution in [0.15, 0.2) is 48.5 Å². The van der Waals surface area contributed by atoms with Gasteiger partial charge in [-0.25, -0.2) is 23.2 Å². The van der Waals surface area contributed by atoms with E-state index >= 15 is 0 Å². The van der Waals surface area contributed by atoms with Crippen molar-refractivity contribution in [3.8, 4) is 0 Å². The first kappa shape index (κ1) is 23.3. The van der Waals surface area contributed by atoms with Gasteiger partial charge < -0.3 is 14.6 Å². The van der Waals surface area contributed by atoms with E-state index in [0.29, 0.717) is 19.6 Å². The van der Waals surface area contributed by atoms with Crippen LogP contribution in [0.5, 0.6) is 0 Å². The Bertz CT molecular complexity index is 1010. The Hall–Kier alpha value is -2.93. The minimum absolute atomic E-state index is 0.0719. The topological polar surface area (TPSA) is 109 Å². The summed E-state index contributed by atoms with van der Waals surface area (Å²) < 4.78 is 60.5. The highest BCUT2D eigenvalue weighted by Crippen LogP contribution is 2.25. The lowest BCUT2D eigenvalue weighted by atomic mass is 10.2. The third-order valence-corrected chi connectivity index (χ3v) is 5.74. The van der Waals surface area contributed by atoms with Gasteiger partial charge in [-0.05, 0) is 6.07 Å². The molecule has 3 rings (SSSR count). The van der Waals surface area contributed by atoms with Crippen molar-refractivity contribution in [1.82, 2.24) is 18.8 Å². The molecule has 0 saturated carbocycles. The molecule has 1 N–H and O–H groups in total. The van der Waals surface area contributed by atoms with Crippen LogP contribution in [-0.2, 0) is 28.4 Å². The second-order valence-corrected chi connectivity index (χ2v) is 8.12. The Labute approximate surface area is 171 Å². The Morgan fingerprint density at radius 2 is 2.00 bits per heavy atom. The number of fused-ring (bicyclic) bond motifs is 1. The van der Waals surface area contributed by atoms with Gasteiger partial charge in [0.15, 0.2) is 5.03 Å². The Balaban J connectivity index is 0.000000396. The molecule has 1 aliphatic heterocycles. The number of carboxylic acids is 1. The molecular formula is C17H20F3N5O4S. The lowest BCUT2D eigenvalue weighted by molar-refractivity contribution is -0.192. The first-order valence-corrected chi connectivity index (χ1v) is 9.98. The largest absolute Gasteiger partial charge is 0.490 e. The summed E-state index contributed by atoms with van der Waals surface area (Å²) in [7, 11) is -1.88. The molecule has 0 bridgehead atoms. The number of aliphatic carboxylic acids is 1. The minimum Gasteiger partial charge on any atom is -0.475 e. The molecule has 30 heavy (non-hydrogen) atoms. The van der Waals surface area contributed by atoms with E-state index in [1.807, 2.05) is 17.0 Å². The van der Waals surface area contributed by atoms with Crippen LogP contribution in [0.1, 0.15) is 5.56 Å². The number of halogens is 3. The van der Waals surface area contributed by atoms with Crippen molar-refractivity contribution in [1.29, 1.82) is 0 Å². The molecule has 0 fully saturated rings. The van der Waals surface area contributed by atoms with Crippen LogP contribution >= 0.6 is 0 Å². The second kappa shape index (κ2) is 9.26. The van der Waals surface area contributed by atoms with E-state index in [4.69, 9.17) is 9.90 Å². The lowest BCUT2D eigenvalue weighted by Gasteiger charge is -2.21. The van der Waals surface area contributed by atoms with Gasteiger partial charge in [0.2, 0.25) is 0 Å². The molecule has 2 aromatic rings. The quantitative estimate of drug-likeness (QED) is 0.710. The normalized spacial score (nSPS) is 14.9. The van der Waals surface area contributed by atoms with Crippen molar-refractivity contribution >= 4 is 21.8 Å². The number of hydrogen-bond acceptors (Lipinski definition) is 6. The fourth-order valence-corrected chi connectivity index (χ4v) is 4.01. The maximum absolute atomic E-state index is 12.8. The number of pyridine rings is 1. The van der Waals surface area contributed by atoms with Gasteiger partial charge in [-0.15, -0.1) is 6.58 Å². The molecule has 13 heteroatoms. The Morgan fingerprint density at radius 3 is 2.53 bits per heavy atom. The van der Waals surface area contributed by atoms with Crippen LogP contribution in [-0.4, -0.2) is 64.1 Å². The third kappa shape index (κ3) is 5.57. The zero-order valence-electron chi connectivity index (χ0n) is 15.9. The molecule has 9 nitrogen and oxygen atoms in total. The molecule has 3 heterocycles. The van der Waals surface area contributed by atoms with Crippen LogP contribution in [0.4, 0.5) is 19.0 Å². The fraction of sp³-hybridized carbons (Fsp3) is 0.353. The number of alkyl halides is 3. The minimum atomic E-state index is -5.08. The molecule has 164 valence electrons. The van der Waals surface area contributed by atoms with Gasteiger partial charge in [-0.3, -0.25) is 0 Å². The zero-order valence-corrected chi connectivity index (χ0v) is 16.8. The predicted octanol–water partition coefficient (Wildman–Crippen LogP) is 1.65. The first-order valence-electron chi connectivity index (χ1n) is 8.54. The summed E-state index contributed by atoms with van der Waals surface area (Å²) in [6.45, 7) is 5.61. The van der Waals surface area contributed by atoms with Crippen molar-refractivity contribution < 1.29 is 31.5 Å². The average Bonchev–Trinajstić information content (AvgIpc) is 3.02. The van der Waals surface area contributed by atoms with Crippen LogP contribution in [0.25, 0.3) is 0 Å². The van der Waals surface area contributed by atoms with Crippen LogP contribution in [0.2, 0.25) is 0 Å². The van der Waals surface area contributed by atoms with Crippen molar-refractivity contribution in [2.75, 3.05) is 24.5 Å². The van der Waals surface area contributed by atoms with Gasteiger partial charge in [0, 0.05) is 51.2 Å². The van der Waals surface area contributed by atoms with Crippen LogP contribution < -0.4 is 4.90 Å². The van der Waals surface area contributed by atoms with Gasteiger partial charge in [0.05, 0.1) is 6.33 Å². The molecular weight excluding hydrogens is 427 g/mol. The average molecular weight is 447 g/mol. The Kier molecular flexibility index (Phi) is 7.21. The summed E-state index contributed by atoms with van der Waals surface area (Å²) in [5.74, 6) is -1.95. The predicted molar refractivity (Wildman–Crippen MR) is 101 cm³/mol. The maximum Gasteiger partial charge on any atom is 0.490 e. The maximum atomic E-state index is 12.8. The molecule has 0 radical (unpaired) electrons. The summed E-state index contributed by atoms with van der Waals surface area (Å²) in [6, 6.07) is 3.73. The van der Waals surface area contributed by atoms with E-state index in [1.165, 1.54) is 16.8 Å². The highest BCUT2D eigenvalue weighted by atomic mass is 32.2. The number of aryl methyl sites for hydroxylation is 1. The number of hydrogen-bond donors (Lipinski definition) is 1. The molecule has 0 spiro atoms. The fourth-order valence-electron chi connectivity index (χ4n) is 2.64. The smallest absolute Gasteiger partial charge is 0.475 e. The standard InChI is InChI=1S/C15H19N5O2S.C2HF3O2/c1-3-7-19-8-9-20(10-13-5-4-6-16-15(13)19)23(21,22)14-11-18(2)12-17-14;3-2(4,5)1(6)7/h3-6,11-12H,1,7-10H2,2H3;(H,6,7). The van der Waals surface area contributed by atoms with E-state index < -0.39 is 22.2 Å². The van der Waals surface area contributed by atoms with Crippen molar-refractivity contribution in [3.63, 3.8) is 0 Å². The van der Waals surface area contributed by atoms with E-state index in [0.717, 1.165) is 11.4 Å². The molecule has 0 saturated heterocycles. The number of carbonyl (C=O) groups is 1. The van der Waals surface area contributed by atoms with Gasteiger partial charge >= 0.3 is 12.1 Å². The lowest BCUT2D eigenvalue weighted by Crippen LogP contribution is -2.35. The van der Waals surface area contributed by atoms with Gasteiger partial charge in [0.1, 0.15) is 5.82 Å². The number of aromatic nitrogens is 3. The van der Waals surface area contributed by atoms with Crippen LogP contribution in [0, 0.1) is 0 Å². The Morgan fingerprint density at radius 1 is 1.33 bits per heavy atom. The first-order chi connectivity index (χ1) is 14.0. The highest BCUT2D eigenvalue weighted by molar-refractivity contribution is 7.89. The number of carboxylic acid groups (broad SMARTS) is 1. The van der Waals surface area contributed by atoms with Crippen molar-refractivity contribution in [2.45, 2.75) is 17.7 Å². The van der Waals surface area contributed by atoms with Crippen molar-refractivity contribution in [3.05, 3.63) is 49.1 Å². The van der Waals surface area contributed by atoms with Gasteiger partial charge in [0.25, 0.3) is 10.0 Å². The number of anilines is 1. The van der Waals surface area contributed by atoms with E-state index in [2.05, 4.69) is 16.5 Å². The number of sulfonamides is 1. The SMILES string of the molecule is C=CCN1CCN(S(=O)(=O)c2cn(C)cn2)Cc2cccnc21.O=C(O)C(F)(F)F. The molecule has 1 aliphatic rings. The van der Waals surface area contributed by atoms with Crippen LogP contribution in [0.3, 0.4) is 0 Å². The molecule has 0 aliphatic carbocycles. The molecule has 0 aromatic carbocycles. The summed E-state index contributed by atoms with van der Waals surface area (Å²) in [5, 5.41) is 7.20. The zero-order chi connectivity index (χ0) is 22.5. The monoisotopic (exact) mass is 447 g/mol. The van der Waals surface area contributed by atoms with E-state index in [-0.39, 0.29) is 11.6 Å². The van der Waals surface area contributed by atoms with E-state index in [1.54, 1.807) is 23.9 Å². The van der Waals surface area contributed by atoms with E-state index in [9.17, 15) is 21.6 Å². The van der Waals surface area contributed by atoms with Crippen molar-refractivity contribution in [2.24, 2.45) is 7.05 Å². The summed E-state index contributed by atoms with van der Waals surface area (Å²) in [4.78, 5) is 19.3. The molecule has 0 unspecified atom stereocenters. The van der Waals surface area contributed by atoms with Gasteiger partial charge in [-0.2, -0.15) is 17.5 Å². The number of imidazole rings is 1. The second-order valence-electron chi connectivity index (χ2n) is 6.24. The summed E-state index contributed by atoms with van der Waals surface area (Å²) in [5.41, 5.74) is 0.881. The summed E-state index contributed by atoms with van der Waals surface area (Å²) in [6.07, 6.45) is 1.44.